The predicted octanol–water partition coefficient (Wildman–Crippen LogP) is 5.16. The molecule has 1 aliphatic heterocycles. The van der Waals surface area contributed by atoms with Crippen molar-refractivity contribution in [1.29, 1.82) is 0 Å². The zero-order valence-electron chi connectivity index (χ0n) is 15.8. The third kappa shape index (κ3) is 3.63. The molecule has 0 bridgehead atoms. The molecule has 1 heterocycles. The molecule has 0 saturated carbocycles. The van der Waals surface area contributed by atoms with Gasteiger partial charge in [-0.2, -0.15) is 0 Å². The summed E-state index contributed by atoms with van der Waals surface area (Å²) in [6.07, 6.45) is 0.576. The molecular weight excluding hydrogens is 353 g/mol. The van der Waals surface area contributed by atoms with Crippen LogP contribution in [-0.2, 0) is 13.0 Å². The van der Waals surface area contributed by atoms with Crippen LogP contribution in [0.2, 0.25) is 0 Å². The Hall–Kier alpha value is -3.14. The predicted molar refractivity (Wildman–Crippen MR) is 107 cm³/mol. The van der Waals surface area contributed by atoms with Crippen LogP contribution in [-0.4, -0.2) is 17.4 Å². The van der Waals surface area contributed by atoms with E-state index in [1.807, 2.05) is 55.5 Å². The minimum Gasteiger partial charge on any atom is -0.486 e. The molecule has 0 spiro atoms. The maximum Gasteiger partial charge on any atom is 0.254 e. The number of carbonyl (C=O) groups excluding carboxylic acids is 1. The van der Waals surface area contributed by atoms with E-state index in [0.717, 1.165) is 16.9 Å². The molecule has 1 atom stereocenters. The molecule has 4 rings (SSSR count). The summed E-state index contributed by atoms with van der Waals surface area (Å²) in [4.78, 5) is 14.7. The summed E-state index contributed by atoms with van der Waals surface area (Å²) in [5, 5.41) is 0. The number of fused-ring (bicyclic) bond motifs is 1. The summed E-state index contributed by atoms with van der Waals surface area (Å²) in [6, 6.07) is 22.2. The van der Waals surface area contributed by atoms with Crippen LogP contribution >= 0.6 is 0 Å². The normalized spacial score (nSPS) is 14.5. The lowest BCUT2D eigenvalue weighted by atomic mass is 9.97. The second-order valence-corrected chi connectivity index (χ2v) is 7.02. The van der Waals surface area contributed by atoms with Crippen LogP contribution in [0.1, 0.15) is 40.1 Å². The lowest BCUT2D eigenvalue weighted by molar-refractivity contribution is 0.0722. The highest BCUT2D eigenvalue weighted by Crippen LogP contribution is 2.32. The summed E-state index contributed by atoms with van der Waals surface area (Å²) in [5.41, 5.74) is 3.19. The minimum atomic E-state index is -0.283. The van der Waals surface area contributed by atoms with Crippen LogP contribution in [0, 0.1) is 5.82 Å². The van der Waals surface area contributed by atoms with E-state index in [1.165, 1.54) is 6.07 Å². The molecule has 1 amide bonds. The van der Waals surface area contributed by atoms with Crippen LogP contribution < -0.4 is 4.74 Å². The van der Waals surface area contributed by atoms with Gasteiger partial charge in [0, 0.05) is 29.8 Å². The third-order valence-corrected chi connectivity index (χ3v) is 5.17. The van der Waals surface area contributed by atoms with Gasteiger partial charge < -0.3 is 9.64 Å². The van der Waals surface area contributed by atoms with E-state index in [1.54, 1.807) is 23.1 Å². The number of hydrogen-bond acceptors (Lipinski definition) is 2. The number of halogens is 1. The molecule has 0 N–H and O–H groups in total. The number of rotatable bonds is 5. The van der Waals surface area contributed by atoms with Crippen LogP contribution in [0.5, 0.6) is 5.75 Å². The summed E-state index contributed by atoms with van der Waals surface area (Å²) in [7, 11) is 0. The van der Waals surface area contributed by atoms with Gasteiger partial charge in [0.1, 0.15) is 17.7 Å². The van der Waals surface area contributed by atoms with E-state index in [0.29, 0.717) is 24.1 Å². The number of benzene rings is 3. The molecule has 3 aromatic carbocycles. The molecule has 3 aromatic rings. The minimum absolute atomic E-state index is 0.0812. The topological polar surface area (TPSA) is 29.5 Å². The first-order valence-electron chi connectivity index (χ1n) is 9.49. The van der Waals surface area contributed by atoms with E-state index < -0.39 is 0 Å². The second-order valence-electron chi connectivity index (χ2n) is 7.02. The summed E-state index contributed by atoms with van der Waals surface area (Å²) < 4.78 is 20.2. The van der Waals surface area contributed by atoms with Gasteiger partial charge in [0.2, 0.25) is 0 Å². The molecule has 1 aliphatic rings. The highest BCUT2D eigenvalue weighted by Gasteiger charge is 2.27. The molecule has 1 unspecified atom stereocenters. The molecule has 142 valence electrons. The standard InChI is InChI=1S/C24H22FNO2/c1-17(18-8-3-2-4-9-18)28-23-13-7-11-21-20(23)14-15-26(24(21)27)16-19-10-5-6-12-22(19)25/h2-13,17H,14-16H2,1H3. The molecule has 0 fully saturated rings. The maximum atomic E-state index is 14.0. The Bertz CT molecular complexity index is 987. The molecular formula is C24H22FNO2. The Morgan fingerprint density at radius 3 is 2.54 bits per heavy atom. The van der Waals surface area contributed by atoms with Crippen molar-refractivity contribution in [2.75, 3.05) is 6.54 Å². The van der Waals surface area contributed by atoms with E-state index >= 15 is 0 Å². The second kappa shape index (κ2) is 7.85. The summed E-state index contributed by atoms with van der Waals surface area (Å²) in [6.45, 7) is 2.82. The highest BCUT2D eigenvalue weighted by molar-refractivity contribution is 5.97. The zero-order chi connectivity index (χ0) is 19.5. The Labute approximate surface area is 164 Å². The smallest absolute Gasteiger partial charge is 0.254 e. The largest absolute Gasteiger partial charge is 0.486 e. The third-order valence-electron chi connectivity index (χ3n) is 5.17. The lowest BCUT2D eigenvalue weighted by Gasteiger charge is -2.30. The Balaban J connectivity index is 1.55. The van der Waals surface area contributed by atoms with Crippen molar-refractivity contribution >= 4 is 5.91 Å². The lowest BCUT2D eigenvalue weighted by Crippen LogP contribution is -2.37. The SMILES string of the molecule is CC(Oc1cccc2c1CCN(Cc1ccccc1F)C2=O)c1ccccc1. The molecule has 0 radical (unpaired) electrons. The van der Waals surface area contributed by atoms with Crippen molar-refractivity contribution in [3.8, 4) is 5.75 Å². The van der Waals surface area contributed by atoms with Crippen molar-refractivity contribution in [1.82, 2.24) is 4.90 Å². The van der Waals surface area contributed by atoms with Crippen molar-refractivity contribution in [2.45, 2.75) is 26.0 Å². The van der Waals surface area contributed by atoms with Crippen molar-refractivity contribution in [3.05, 3.63) is 101 Å². The van der Waals surface area contributed by atoms with Gasteiger partial charge in [0.15, 0.2) is 0 Å². The fourth-order valence-corrected chi connectivity index (χ4v) is 3.62. The average molecular weight is 375 g/mol. The number of hydrogen-bond donors (Lipinski definition) is 0. The summed E-state index contributed by atoms with van der Waals surface area (Å²) in [5.74, 6) is 0.380. The van der Waals surface area contributed by atoms with Gasteiger partial charge in [-0.25, -0.2) is 4.39 Å². The molecule has 4 heteroatoms. The van der Waals surface area contributed by atoms with E-state index in [2.05, 4.69) is 0 Å². The number of nitrogens with zero attached hydrogens (tertiary/aromatic N) is 1. The average Bonchev–Trinajstić information content (AvgIpc) is 2.72. The van der Waals surface area contributed by atoms with Gasteiger partial charge in [-0.1, -0.05) is 54.6 Å². The number of ether oxygens (including phenoxy) is 1. The highest BCUT2D eigenvalue weighted by atomic mass is 19.1. The van der Waals surface area contributed by atoms with Crippen molar-refractivity contribution in [3.63, 3.8) is 0 Å². The first kappa shape index (κ1) is 18.2. The molecule has 0 aromatic heterocycles. The number of carbonyl (C=O) groups is 1. The van der Waals surface area contributed by atoms with Crippen LogP contribution in [0.4, 0.5) is 4.39 Å². The summed E-state index contributed by atoms with van der Waals surface area (Å²) >= 11 is 0. The Morgan fingerprint density at radius 2 is 1.75 bits per heavy atom. The van der Waals surface area contributed by atoms with E-state index in [9.17, 15) is 9.18 Å². The zero-order valence-corrected chi connectivity index (χ0v) is 15.8. The van der Waals surface area contributed by atoms with Crippen LogP contribution in [0.3, 0.4) is 0 Å². The van der Waals surface area contributed by atoms with Gasteiger partial charge in [-0.15, -0.1) is 0 Å². The first-order valence-corrected chi connectivity index (χ1v) is 9.49. The molecule has 28 heavy (non-hydrogen) atoms. The van der Waals surface area contributed by atoms with Crippen molar-refractivity contribution in [2.24, 2.45) is 0 Å². The fourth-order valence-electron chi connectivity index (χ4n) is 3.62. The monoisotopic (exact) mass is 375 g/mol. The Kier molecular flexibility index (Phi) is 5.11. The van der Waals surface area contributed by atoms with Gasteiger partial charge in [-0.05, 0) is 37.1 Å². The van der Waals surface area contributed by atoms with Crippen LogP contribution in [0.25, 0.3) is 0 Å². The number of amides is 1. The van der Waals surface area contributed by atoms with E-state index in [-0.39, 0.29) is 24.4 Å². The van der Waals surface area contributed by atoms with E-state index in [4.69, 9.17) is 4.74 Å². The quantitative estimate of drug-likeness (QED) is 0.616. The van der Waals surface area contributed by atoms with Gasteiger partial charge in [-0.3, -0.25) is 4.79 Å². The fraction of sp³-hybridized carbons (Fsp3) is 0.208. The maximum absolute atomic E-state index is 14.0. The van der Waals surface area contributed by atoms with Crippen molar-refractivity contribution < 1.29 is 13.9 Å². The van der Waals surface area contributed by atoms with Crippen LogP contribution in [0.15, 0.2) is 72.8 Å². The van der Waals surface area contributed by atoms with Gasteiger partial charge in [0.05, 0.1) is 0 Å². The molecule has 0 saturated heterocycles. The van der Waals surface area contributed by atoms with Gasteiger partial charge >= 0.3 is 0 Å². The molecule has 0 aliphatic carbocycles. The van der Waals surface area contributed by atoms with Gasteiger partial charge in [0.25, 0.3) is 5.91 Å². The Morgan fingerprint density at radius 1 is 1.00 bits per heavy atom. The molecule has 3 nitrogen and oxygen atoms in total. The first-order chi connectivity index (χ1) is 13.6.